The number of hydrogen-bond donors (Lipinski definition) is 2. The van der Waals surface area contributed by atoms with Crippen molar-refractivity contribution in [1.29, 1.82) is 0 Å². The molecule has 2 N–H and O–H groups in total. The van der Waals surface area contributed by atoms with E-state index in [1.165, 1.54) is 6.42 Å². The third-order valence-corrected chi connectivity index (χ3v) is 4.34. The number of aromatic nitrogens is 2. The molecule has 1 aromatic heterocycles. The molecule has 0 spiro atoms. The molecule has 1 heterocycles. The maximum absolute atomic E-state index is 13.2. The molecule has 0 bridgehead atoms. The van der Waals surface area contributed by atoms with Gasteiger partial charge in [0.2, 0.25) is 11.8 Å². The van der Waals surface area contributed by atoms with E-state index >= 15 is 0 Å². The first-order chi connectivity index (χ1) is 12.9. The van der Waals surface area contributed by atoms with Crippen molar-refractivity contribution in [3.05, 3.63) is 42.1 Å². The first kappa shape index (κ1) is 19.3. The Hall–Kier alpha value is -2.42. The molecule has 1 aliphatic carbocycles. The molecule has 2 aromatic rings. The third-order valence-electron chi connectivity index (χ3n) is 4.12. The minimum absolute atomic E-state index is 0.201. The second-order valence-corrected chi connectivity index (χ2v) is 6.67. The van der Waals surface area contributed by atoms with Gasteiger partial charge in [-0.2, -0.15) is 18.2 Å². The molecule has 1 fully saturated rings. The fraction of sp³-hybridized carbons (Fsp3) is 0.389. The number of benzene rings is 1. The predicted octanol–water partition coefficient (Wildman–Crippen LogP) is 4.91. The van der Waals surface area contributed by atoms with Crippen molar-refractivity contribution in [3.63, 3.8) is 0 Å². The Bertz CT molecular complexity index is 780. The lowest BCUT2D eigenvalue weighted by Gasteiger charge is -2.24. The van der Waals surface area contributed by atoms with Crippen LogP contribution >= 0.6 is 12.2 Å². The van der Waals surface area contributed by atoms with Crippen LogP contribution in [0.2, 0.25) is 0 Å². The second-order valence-electron chi connectivity index (χ2n) is 6.26. The lowest BCUT2D eigenvalue weighted by atomic mass is 9.96. The standard InChI is InChI=1S/C18H19F3N4OS/c19-18(20,21)14-11-15(26-13-9-5-2-6-10-13)24-16(23-14)25-17(27)22-12-7-3-1-4-8-12/h2,5-6,9-12H,1,3-4,7-8H2,(H2,22,23,24,25,27). The van der Waals surface area contributed by atoms with Gasteiger partial charge < -0.3 is 15.4 Å². The molecule has 0 saturated heterocycles. The van der Waals surface area contributed by atoms with Gasteiger partial charge in [-0.05, 0) is 37.2 Å². The van der Waals surface area contributed by atoms with Crippen LogP contribution in [0.1, 0.15) is 37.8 Å². The summed E-state index contributed by atoms with van der Waals surface area (Å²) in [6.45, 7) is 0. The molecule has 9 heteroatoms. The van der Waals surface area contributed by atoms with E-state index in [0.717, 1.165) is 31.7 Å². The Labute approximate surface area is 160 Å². The molecule has 1 aliphatic rings. The van der Waals surface area contributed by atoms with Crippen LogP contribution in [0.25, 0.3) is 0 Å². The van der Waals surface area contributed by atoms with Crippen molar-refractivity contribution >= 4 is 23.3 Å². The fourth-order valence-corrected chi connectivity index (χ4v) is 3.12. The van der Waals surface area contributed by atoms with Crippen LogP contribution in [-0.4, -0.2) is 21.1 Å². The molecule has 0 amide bonds. The molecular weight excluding hydrogens is 377 g/mol. The van der Waals surface area contributed by atoms with Crippen LogP contribution in [0.3, 0.4) is 0 Å². The van der Waals surface area contributed by atoms with Crippen molar-refractivity contribution < 1.29 is 17.9 Å². The van der Waals surface area contributed by atoms with E-state index in [0.29, 0.717) is 5.75 Å². The highest BCUT2D eigenvalue weighted by Gasteiger charge is 2.34. The van der Waals surface area contributed by atoms with Crippen LogP contribution in [0.4, 0.5) is 19.1 Å². The lowest BCUT2D eigenvalue weighted by Crippen LogP contribution is -2.39. The summed E-state index contributed by atoms with van der Waals surface area (Å²) in [5, 5.41) is 5.96. The van der Waals surface area contributed by atoms with E-state index in [1.54, 1.807) is 30.3 Å². The number of nitrogens with zero attached hydrogens (tertiary/aromatic N) is 2. The molecule has 0 radical (unpaired) electrons. The van der Waals surface area contributed by atoms with Gasteiger partial charge in [0, 0.05) is 12.1 Å². The van der Waals surface area contributed by atoms with Crippen LogP contribution in [-0.2, 0) is 6.18 Å². The minimum atomic E-state index is -4.63. The van der Waals surface area contributed by atoms with Crippen molar-refractivity contribution in [1.82, 2.24) is 15.3 Å². The van der Waals surface area contributed by atoms with Gasteiger partial charge in [-0.3, -0.25) is 0 Å². The van der Waals surface area contributed by atoms with E-state index in [1.807, 2.05) is 0 Å². The van der Waals surface area contributed by atoms with Crippen LogP contribution < -0.4 is 15.4 Å². The Morgan fingerprint density at radius 2 is 1.78 bits per heavy atom. The van der Waals surface area contributed by atoms with Crippen molar-refractivity contribution in [2.45, 2.75) is 44.3 Å². The molecule has 27 heavy (non-hydrogen) atoms. The van der Waals surface area contributed by atoms with Gasteiger partial charge in [0.1, 0.15) is 5.75 Å². The zero-order chi connectivity index (χ0) is 19.3. The van der Waals surface area contributed by atoms with Crippen LogP contribution in [0.15, 0.2) is 36.4 Å². The van der Waals surface area contributed by atoms with Crippen LogP contribution in [0.5, 0.6) is 11.6 Å². The zero-order valence-corrected chi connectivity index (χ0v) is 15.2. The number of hydrogen-bond acceptors (Lipinski definition) is 4. The van der Waals surface area contributed by atoms with Gasteiger partial charge in [0.15, 0.2) is 10.8 Å². The average molecular weight is 396 g/mol. The number of anilines is 1. The quantitative estimate of drug-likeness (QED) is 0.717. The Morgan fingerprint density at radius 3 is 2.44 bits per heavy atom. The molecular formula is C18H19F3N4OS. The molecule has 0 unspecified atom stereocenters. The largest absolute Gasteiger partial charge is 0.439 e. The summed E-state index contributed by atoms with van der Waals surface area (Å²) in [5.41, 5.74) is -1.11. The number of thiocarbonyl (C=S) groups is 1. The molecule has 3 rings (SSSR count). The maximum Gasteiger partial charge on any atom is 0.433 e. The molecule has 5 nitrogen and oxygen atoms in total. The maximum atomic E-state index is 13.2. The number of halogens is 3. The van der Waals surface area contributed by atoms with Crippen molar-refractivity contribution in [3.8, 4) is 11.6 Å². The summed E-state index contributed by atoms with van der Waals surface area (Å²) in [5.74, 6) is -0.103. The van der Waals surface area contributed by atoms with Gasteiger partial charge in [0.25, 0.3) is 0 Å². The summed E-state index contributed by atoms with van der Waals surface area (Å²) in [4.78, 5) is 7.53. The molecule has 144 valence electrons. The van der Waals surface area contributed by atoms with E-state index < -0.39 is 11.9 Å². The van der Waals surface area contributed by atoms with Gasteiger partial charge in [-0.25, -0.2) is 4.98 Å². The highest BCUT2D eigenvalue weighted by atomic mass is 32.1. The molecule has 1 saturated carbocycles. The van der Waals surface area contributed by atoms with Gasteiger partial charge >= 0.3 is 6.18 Å². The Kier molecular flexibility index (Phi) is 6.10. The van der Waals surface area contributed by atoms with Gasteiger partial charge in [-0.15, -0.1) is 0 Å². The van der Waals surface area contributed by atoms with E-state index in [4.69, 9.17) is 17.0 Å². The van der Waals surface area contributed by atoms with E-state index in [9.17, 15) is 13.2 Å². The summed E-state index contributed by atoms with van der Waals surface area (Å²) >= 11 is 5.20. The number of nitrogens with one attached hydrogen (secondary N) is 2. The Balaban J connectivity index is 1.76. The van der Waals surface area contributed by atoms with E-state index in [2.05, 4.69) is 20.6 Å². The second kappa shape index (κ2) is 8.51. The average Bonchev–Trinajstić information content (AvgIpc) is 2.62. The van der Waals surface area contributed by atoms with Gasteiger partial charge in [0.05, 0.1) is 0 Å². The smallest absolute Gasteiger partial charge is 0.433 e. The highest BCUT2D eigenvalue weighted by molar-refractivity contribution is 7.80. The fourth-order valence-electron chi connectivity index (χ4n) is 2.86. The third kappa shape index (κ3) is 5.78. The summed E-state index contributed by atoms with van der Waals surface area (Å²) in [6, 6.07) is 9.42. The highest BCUT2D eigenvalue weighted by Crippen LogP contribution is 2.31. The number of ether oxygens (including phenoxy) is 1. The first-order valence-corrected chi connectivity index (χ1v) is 9.08. The zero-order valence-electron chi connectivity index (χ0n) is 14.4. The SMILES string of the molecule is FC(F)(F)c1cc(Oc2ccccc2)nc(NC(=S)NC2CCCCC2)n1. The molecule has 0 aliphatic heterocycles. The predicted molar refractivity (Wildman–Crippen MR) is 99.8 cm³/mol. The van der Waals surface area contributed by atoms with Crippen molar-refractivity contribution in [2.24, 2.45) is 0 Å². The summed E-state index contributed by atoms with van der Waals surface area (Å²) < 4.78 is 45.0. The number of alkyl halides is 3. The monoisotopic (exact) mass is 396 g/mol. The number of rotatable bonds is 4. The minimum Gasteiger partial charge on any atom is -0.439 e. The van der Waals surface area contributed by atoms with Crippen LogP contribution in [0, 0.1) is 0 Å². The van der Waals surface area contributed by atoms with Crippen molar-refractivity contribution in [2.75, 3.05) is 5.32 Å². The molecule has 0 atom stereocenters. The lowest BCUT2D eigenvalue weighted by molar-refractivity contribution is -0.141. The first-order valence-electron chi connectivity index (χ1n) is 8.67. The van der Waals surface area contributed by atoms with E-state index in [-0.39, 0.29) is 23.0 Å². The summed E-state index contributed by atoms with van der Waals surface area (Å²) in [6.07, 6.45) is 0.730. The number of para-hydroxylation sites is 1. The summed E-state index contributed by atoms with van der Waals surface area (Å²) in [7, 11) is 0. The van der Waals surface area contributed by atoms with Gasteiger partial charge in [-0.1, -0.05) is 37.5 Å². The topological polar surface area (TPSA) is 59.1 Å². The normalized spacial score (nSPS) is 15.2. The molecule has 1 aromatic carbocycles. The Morgan fingerprint density at radius 1 is 1.07 bits per heavy atom.